The number of nitrogen functional groups attached to an aromatic ring is 1. The predicted molar refractivity (Wildman–Crippen MR) is 142 cm³/mol. The molecule has 0 saturated carbocycles. The quantitative estimate of drug-likeness (QED) is 0.378. The van der Waals surface area contributed by atoms with Gasteiger partial charge in [-0.15, -0.1) is 11.3 Å². The first-order chi connectivity index (χ1) is 17.2. The monoisotopic (exact) mass is 488 g/mol. The van der Waals surface area contributed by atoms with Crippen molar-refractivity contribution in [3.8, 4) is 0 Å². The number of allylic oxidation sites excluding steroid dienone is 1. The van der Waals surface area contributed by atoms with Gasteiger partial charge in [0, 0.05) is 46.9 Å². The van der Waals surface area contributed by atoms with Crippen molar-refractivity contribution in [1.29, 1.82) is 0 Å². The van der Waals surface area contributed by atoms with Crippen LogP contribution in [0.2, 0.25) is 0 Å². The van der Waals surface area contributed by atoms with E-state index in [9.17, 15) is 4.79 Å². The lowest BCUT2D eigenvalue weighted by Gasteiger charge is -2.33. The van der Waals surface area contributed by atoms with Crippen LogP contribution in [0.4, 0.5) is 17.1 Å². The Morgan fingerprint density at radius 1 is 1.11 bits per heavy atom. The summed E-state index contributed by atoms with van der Waals surface area (Å²) >= 11 is 1.60. The Morgan fingerprint density at radius 3 is 2.69 bits per heavy atom. The number of nitrogens with zero attached hydrogens (tertiary/aromatic N) is 2. The van der Waals surface area contributed by atoms with Crippen molar-refractivity contribution in [3.05, 3.63) is 82.6 Å². The number of morpholine rings is 1. The number of rotatable bonds is 7. The van der Waals surface area contributed by atoms with Crippen molar-refractivity contribution in [2.24, 2.45) is 4.99 Å². The van der Waals surface area contributed by atoms with Gasteiger partial charge >= 0.3 is 0 Å². The van der Waals surface area contributed by atoms with Crippen LogP contribution in [0.1, 0.15) is 16.5 Å². The summed E-state index contributed by atoms with van der Waals surface area (Å²) in [6.45, 7) is 2.76. The fourth-order valence-electron chi connectivity index (χ4n) is 4.18. The van der Waals surface area contributed by atoms with E-state index in [-0.39, 0.29) is 18.2 Å². The standard InChI is InChI=1S/C26H28N6O2S/c27-19-3-1-4-21(17-19)30-26-28-11-10-22(31-26)18-6-8-20(9-7-18)29-25(33)24(23-5-2-16-35-23)32-12-14-34-15-13-32/h1-11,16-17,24,26,30-31H,12-15,27H2,(H,29,33). The highest BCUT2D eigenvalue weighted by atomic mass is 32.1. The Kier molecular flexibility index (Phi) is 7.08. The molecule has 8 nitrogen and oxygen atoms in total. The molecule has 2 unspecified atom stereocenters. The van der Waals surface area contributed by atoms with Crippen LogP contribution in [0, 0.1) is 0 Å². The van der Waals surface area contributed by atoms with Crippen molar-refractivity contribution in [2.45, 2.75) is 12.3 Å². The van der Waals surface area contributed by atoms with Gasteiger partial charge in [-0.05, 0) is 53.4 Å². The molecule has 2 aliphatic heterocycles. The number of amides is 1. The van der Waals surface area contributed by atoms with Crippen LogP contribution in [-0.2, 0) is 9.53 Å². The predicted octanol–water partition coefficient (Wildman–Crippen LogP) is 3.75. The van der Waals surface area contributed by atoms with E-state index in [0.29, 0.717) is 18.9 Å². The second-order valence-corrected chi connectivity index (χ2v) is 9.31. The molecule has 5 rings (SSSR count). The molecule has 2 aliphatic rings. The number of nitrogens with one attached hydrogen (secondary N) is 3. The molecular formula is C26H28N6O2S. The van der Waals surface area contributed by atoms with Crippen molar-refractivity contribution in [1.82, 2.24) is 10.2 Å². The van der Waals surface area contributed by atoms with Gasteiger partial charge in [0.15, 0.2) is 6.29 Å². The van der Waals surface area contributed by atoms with Crippen molar-refractivity contribution in [3.63, 3.8) is 0 Å². The summed E-state index contributed by atoms with van der Waals surface area (Å²) in [6, 6.07) is 19.1. The first kappa shape index (κ1) is 23.1. The molecule has 2 atom stereocenters. The van der Waals surface area contributed by atoms with Crippen molar-refractivity contribution in [2.75, 3.05) is 42.7 Å². The van der Waals surface area contributed by atoms with E-state index in [2.05, 4.69) is 25.8 Å². The summed E-state index contributed by atoms with van der Waals surface area (Å²) in [7, 11) is 0. The Bertz CT molecular complexity index is 1200. The van der Waals surface area contributed by atoms with Gasteiger partial charge in [0.25, 0.3) is 0 Å². The Balaban J connectivity index is 1.24. The summed E-state index contributed by atoms with van der Waals surface area (Å²) in [4.78, 5) is 21.0. The van der Waals surface area contributed by atoms with Gasteiger partial charge in [-0.3, -0.25) is 9.69 Å². The third-order valence-corrected chi connectivity index (χ3v) is 6.82. The minimum Gasteiger partial charge on any atom is -0.399 e. The maximum atomic E-state index is 13.3. The number of benzene rings is 2. The highest BCUT2D eigenvalue weighted by Gasteiger charge is 2.30. The maximum absolute atomic E-state index is 13.3. The molecule has 1 saturated heterocycles. The second-order valence-electron chi connectivity index (χ2n) is 8.33. The van der Waals surface area contributed by atoms with E-state index < -0.39 is 0 Å². The normalized spacial score (nSPS) is 18.9. The summed E-state index contributed by atoms with van der Waals surface area (Å²) < 4.78 is 5.48. The van der Waals surface area contributed by atoms with E-state index in [1.165, 1.54) is 0 Å². The molecule has 2 aromatic carbocycles. The van der Waals surface area contributed by atoms with Crippen LogP contribution < -0.4 is 21.7 Å². The summed E-state index contributed by atoms with van der Waals surface area (Å²) in [5.74, 6) is -0.0318. The van der Waals surface area contributed by atoms with Crippen LogP contribution >= 0.6 is 11.3 Å². The lowest BCUT2D eigenvalue weighted by molar-refractivity contribution is -0.123. The van der Waals surface area contributed by atoms with Gasteiger partial charge < -0.3 is 26.4 Å². The zero-order valence-electron chi connectivity index (χ0n) is 19.2. The Hall–Kier alpha value is -3.66. The minimum absolute atomic E-state index is 0.0318. The highest BCUT2D eigenvalue weighted by Crippen LogP contribution is 2.28. The summed E-state index contributed by atoms with van der Waals surface area (Å²) in [5.41, 5.74) is 10.1. The first-order valence-corrected chi connectivity index (χ1v) is 12.4. The van der Waals surface area contributed by atoms with Gasteiger partial charge in [0.05, 0.1) is 13.2 Å². The minimum atomic E-state index is -0.323. The lowest BCUT2D eigenvalue weighted by Crippen LogP contribution is -2.43. The van der Waals surface area contributed by atoms with E-state index in [1.54, 1.807) is 17.6 Å². The number of nitrogens with two attached hydrogens (primary N) is 1. The molecular weight excluding hydrogens is 460 g/mol. The maximum Gasteiger partial charge on any atom is 0.247 e. The first-order valence-electron chi connectivity index (χ1n) is 11.5. The van der Waals surface area contributed by atoms with Gasteiger partial charge in [0.2, 0.25) is 5.91 Å². The van der Waals surface area contributed by atoms with Crippen LogP contribution in [0.25, 0.3) is 5.70 Å². The average molecular weight is 489 g/mol. The third-order valence-electron chi connectivity index (χ3n) is 5.89. The van der Waals surface area contributed by atoms with Crippen LogP contribution in [-0.4, -0.2) is 49.6 Å². The largest absolute Gasteiger partial charge is 0.399 e. The molecule has 180 valence electrons. The van der Waals surface area contributed by atoms with Crippen molar-refractivity contribution >= 4 is 46.2 Å². The van der Waals surface area contributed by atoms with Gasteiger partial charge in [-0.1, -0.05) is 24.3 Å². The Labute approximate surface area is 208 Å². The molecule has 1 fully saturated rings. The molecule has 0 radical (unpaired) electrons. The molecule has 3 heterocycles. The molecule has 9 heteroatoms. The Morgan fingerprint density at radius 2 is 1.94 bits per heavy atom. The topological polar surface area (TPSA) is 104 Å². The lowest BCUT2D eigenvalue weighted by atomic mass is 10.1. The molecule has 0 aliphatic carbocycles. The number of aliphatic imine (C=N–C) groups is 1. The zero-order chi connectivity index (χ0) is 24.0. The van der Waals surface area contributed by atoms with Crippen LogP contribution in [0.5, 0.6) is 0 Å². The number of carbonyl (C=O) groups is 1. The molecule has 0 spiro atoms. The molecule has 5 N–H and O–H groups in total. The molecule has 1 aromatic heterocycles. The molecule has 3 aromatic rings. The fourth-order valence-corrected chi connectivity index (χ4v) is 5.03. The number of carbonyl (C=O) groups excluding carboxylic acids is 1. The van der Waals surface area contributed by atoms with Gasteiger partial charge in [-0.25, -0.2) is 4.99 Å². The van der Waals surface area contributed by atoms with E-state index in [0.717, 1.165) is 40.6 Å². The number of hydrogen-bond acceptors (Lipinski definition) is 8. The highest BCUT2D eigenvalue weighted by molar-refractivity contribution is 7.10. The number of anilines is 3. The fraction of sp³-hybridized carbons (Fsp3) is 0.231. The number of ether oxygens (including phenoxy) is 1. The molecule has 1 amide bonds. The van der Waals surface area contributed by atoms with E-state index >= 15 is 0 Å². The average Bonchev–Trinajstić information content (AvgIpc) is 3.40. The summed E-state index contributed by atoms with van der Waals surface area (Å²) in [5, 5.41) is 11.8. The number of thiophene rings is 1. The van der Waals surface area contributed by atoms with Crippen LogP contribution in [0.3, 0.4) is 0 Å². The molecule has 0 bridgehead atoms. The second kappa shape index (κ2) is 10.7. The van der Waals surface area contributed by atoms with E-state index in [4.69, 9.17) is 10.5 Å². The third kappa shape index (κ3) is 5.71. The van der Waals surface area contributed by atoms with Gasteiger partial charge in [0.1, 0.15) is 6.04 Å². The van der Waals surface area contributed by atoms with Gasteiger partial charge in [-0.2, -0.15) is 0 Å². The zero-order valence-corrected chi connectivity index (χ0v) is 20.0. The SMILES string of the molecule is Nc1cccc(NC2N=CC=C(c3ccc(NC(=O)C(c4cccs4)N4CCOCC4)cc3)N2)c1. The summed E-state index contributed by atoms with van der Waals surface area (Å²) in [6.07, 6.45) is 3.40. The smallest absolute Gasteiger partial charge is 0.247 e. The van der Waals surface area contributed by atoms with Crippen LogP contribution in [0.15, 0.2) is 77.1 Å². The number of hydrogen-bond donors (Lipinski definition) is 4. The van der Waals surface area contributed by atoms with Crippen molar-refractivity contribution < 1.29 is 9.53 Å². The molecule has 35 heavy (non-hydrogen) atoms. The van der Waals surface area contributed by atoms with E-state index in [1.807, 2.05) is 72.1 Å².